The fourth-order valence-corrected chi connectivity index (χ4v) is 5.94. The van der Waals surface area contributed by atoms with E-state index >= 15 is 0 Å². The molecule has 5 rings (SSSR count). The number of esters is 2. The van der Waals surface area contributed by atoms with E-state index in [9.17, 15) is 14.4 Å². The van der Waals surface area contributed by atoms with Crippen LogP contribution in [0, 0.1) is 0 Å². The summed E-state index contributed by atoms with van der Waals surface area (Å²) >= 11 is 3.50. The predicted octanol–water partition coefficient (Wildman–Crippen LogP) is 6.52. The maximum atomic E-state index is 14.4. The van der Waals surface area contributed by atoms with Crippen molar-refractivity contribution in [3.63, 3.8) is 0 Å². The minimum atomic E-state index is -1.84. The van der Waals surface area contributed by atoms with E-state index in [4.69, 9.17) is 14.2 Å². The lowest BCUT2D eigenvalue weighted by atomic mass is 9.65. The van der Waals surface area contributed by atoms with Gasteiger partial charge in [0, 0.05) is 10.4 Å². The third-order valence-electron chi connectivity index (χ3n) is 7.40. The number of methoxy groups -OCH3 is 2. The zero-order chi connectivity index (χ0) is 29.0. The third kappa shape index (κ3) is 5.00. The van der Waals surface area contributed by atoms with Crippen LogP contribution in [0.2, 0.25) is 0 Å². The Morgan fingerprint density at radius 2 is 1.34 bits per heavy atom. The average molecular weight is 614 g/mol. The molecule has 4 aromatic carbocycles. The molecule has 0 bridgehead atoms. The van der Waals surface area contributed by atoms with E-state index in [0.29, 0.717) is 16.7 Å². The van der Waals surface area contributed by atoms with Crippen LogP contribution in [0.3, 0.4) is 0 Å². The number of nitrogens with zero attached hydrogens (tertiary/aromatic N) is 1. The molecular weight excluding hydrogens is 586 g/mol. The predicted molar refractivity (Wildman–Crippen MR) is 156 cm³/mol. The summed E-state index contributed by atoms with van der Waals surface area (Å²) in [6, 6.07) is 31.5. The maximum Gasteiger partial charge on any atom is 0.412 e. The Bertz CT molecular complexity index is 1540. The molecule has 1 amide bonds. The monoisotopic (exact) mass is 613 g/mol. The molecular formula is C33H28BrNO6. The average Bonchev–Trinajstić information content (AvgIpc) is 3.03. The zero-order valence-corrected chi connectivity index (χ0v) is 24.1. The molecule has 41 heavy (non-hydrogen) atoms. The normalized spacial score (nSPS) is 19.5. The number of rotatable bonds is 6. The molecule has 0 aliphatic carbocycles. The molecule has 1 heterocycles. The van der Waals surface area contributed by atoms with Gasteiger partial charge in [-0.15, -0.1) is 0 Å². The molecule has 0 saturated heterocycles. The van der Waals surface area contributed by atoms with Crippen molar-refractivity contribution < 1.29 is 28.6 Å². The molecule has 208 valence electrons. The molecule has 3 atom stereocenters. The number of benzene rings is 4. The van der Waals surface area contributed by atoms with Gasteiger partial charge in [0.15, 0.2) is 11.6 Å². The Balaban J connectivity index is 1.84. The number of carbonyl (C=O) groups is 3. The van der Waals surface area contributed by atoms with Gasteiger partial charge in [-0.2, -0.15) is 0 Å². The lowest BCUT2D eigenvalue weighted by molar-refractivity contribution is -0.165. The van der Waals surface area contributed by atoms with Crippen molar-refractivity contribution in [3.8, 4) is 0 Å². The smallest absolute Gasteiger partial charge is 0.412 e. The van der Waals surface area contributed by atoms with Crippen LogP contribution >= 0.6 is 15.9 Å². The summed E-state index contributed by atoms with van der Waals surface area (Å²) in [4.78, 5) is 43.5. The third-order valence-corrected chi connectivity index (χ3v) is 7.93. The van der Waals surface area contributed by atoms with Gasteiger partial charge in [0.2, 0.25) is 0 Å². The van der Waals surface area contributed by atoms with Crippen molar-refractivity contribution in [2.75, 3.05) is 14.2 Å². The summed E-state index contributed by atoms with van der Waals surface area (Å²) in [6.45, 7) is -0.0687. The van der Waals surface area contributed by atoms with Crippen LogP contribution in [-0.4, -0.2) is 37.2 Å². The minimum absolute atomic E-state index is 0.0687. The summed E-state index contributed by atoms with van der Waals surface area (Å²) in [6.07, 6.45) is -0.866. The van der Waals surface area contributed by atoms with Crippen LogP contribution < -0.4 is 0 Å². The molecule has 7 nitrogen and oxygen atoms in total. The number of hydrogen-bond acceptors (Lipinski definition) is 6. The number of carbonyl (C=O) groups excluding carboxylic acids is 3. The SMILES string of the molecule is COC(=O)[C@@H]1c2ccccc2[C@@H](c2ccc(Br)cc2)[C@](C(=O)OC)(c2ccccc2)N1C(=O)OCc1ccccc1. The van der Waals surface area contributed by atoms with E-state index in [-0.39, 0.29) is 6.61 Å². The molecule has 0 aromatic heterocycles. The lowest BCUT2D eigenvalue weighted by Crippen LogP contribution is -2.63. The van der Waals surface area contributed by atoms with E-state index in [1.165, 1.54) is 19.1 Å². The van der Waals surface area contributed by atoms with Gasteiger partial charge in [-0.1, -0.05) is 113 Å². The highest BCUT2D eigenvalue weighted by molar-refractivity contribution is 9.10. The molecule has 4 aromatic rings. The Labute approximate surface area is 246 Å². The topological polar surface area (TPSA) is 82.1 Å². The summed E-state index contributed by atoms with van der Waals surface area (Å²) in [5.41, 5.74) is 1.32. The van der Waals surface area contributed by atoms with Gasteiger partial charge >= 0.3 is 18.0 Å². The molecule has 1 aliphatic heterocycles. The van der Waals surface area contributed by atoms with Gasteiger partial charge in [-0.05, 0) is 39.9 Å². The fraction of sp³-hybridized carbons (Fsp3) is 0.182. The second kappa shape index (κ2) is 12.0. The molecule has 0 fully saturated rings. The summed E-state index contributed by atoms with van der Waals surface area (Å²) in [5.74, 6) is -2.21. The van der Waals surface area contributed by atoms with Gasteiger partial charge in [0.25, 0.3) is 0 Å². The van der Waals surface area contributed by atoms with E-state index in [1.807, 2.05) is 72.8 Å². The van der Waals surface area contributed by atoms with Crippen molar-refractivity contribution in [2.45, 2.75) is 24.1 Å². The molecule has 1 aliphatic rings. The van der Waals surface area contributed by atoms with E-state index in [1.54, 1.807) is 36.4 Å². The zero-order valence-electron chi connectivity index (χ0n) is 22.5. The van der Waals surface area contributed by atoms with Crippen LogP contribution in [0.15, 0.2) is 114 Å². The molecule has 0 N–H and O–H groups in total. The van der Waals surface area contributed by atoms with Crippen LogP contribution in [0.4, 0.5) is 4.79 Å². The first-order valence-electron chi connectivity index (χ1n) is 13.0. The highest BCUT2D eigenvalue weighted by Gasteiger charge is 2.63. The van der Waals surface area contributed by atoms with Gasteiger partial charge < -0.3 is 14.2 Å². The summed E-state index contributed by atoms with van der Waals surface area (Å²) < 4.78 is 17.4. The first kappa shape index (κ1) is 28.1. The second-order valence-corrected chi connectivity index (χ2v) is 10.5. The number of fused-ring (bicyclic) bond motifs is 1. The first-order valence-corrected chi connectivity index (χ1v) is 13.8. The molecule has 0 radical (unpaired) electrons. The van der Waals surface area contributed by atoms with Crippen LogP contribution in [-0.2, 0) is 35.9 Å². The lowest BCUT2D eigenvalue weighted by Gasteiger charge is -2.52. The second-order valence-electron chi connectivity index (χ2n) is 9.57. The Hall–Kier alpha value is -4.43. The van der Waals surface area contributed by atoms with Crippen molar-refractivity contribution in [1.82, 2.24) is 4.90 Å². The van der Waals surface area contributed by atoms with Gasteiger partial charge in [-0.3, -0.25) is 4.90 Å². The molecule has 0 spiro atoms. The van der Waals surface area contributed by atoms with Crippen molar-refractivity contribution in [1.29, 1.82) is 0 Å². The quantitative estimate of drug-likeness (QED) is 0.182. The van der Waals surface area contributed by atoms with Crippen molar-refractivity contribution >= 4 is 34.0 Å². The van der Waals surface area contributed by atoms with E-state index in [2.05, 4.69) is 15.9 Å². The summed E-state index contributed by atoms with van der Waals surface area (Å²) in [5, 5.41) is 0. The summed E-state index contributed by atoms with van der Waals surface area (Å²) in [7, 11) is 2.52. The van der Waals surface area contributed by atoms with Crippen LogP contribution in [0.1, 0.15) is 39.8 Å². The largest absolute Gasteiger partial charge is 0.467 e. The maximum absolute atomic E-state index is 14.4. The van der Waals surface area contributed by atoms with E-state index < -0.39 is 35.5 Å². The number of ether oxygens (including phenoxy) is 3. The standard InChI is InChI=1S/C33H28BrNO6/c1-39-30(36)29-27-16-10-9-15-26(27)28(23-17-19-25(34)20-18-23)33(31(37)40-2,24-13-7-4-8-14-24)35(29)32(38)41-21-22-11-5-3-6-12-22/h3-20,28-29H,21H2,1-2H3/t28-,29+,33+/m1/s1. The highest BCUT2D eigenvalue weighted by atomic mass is 79.9. The van der Waals surface area contributed by atoms with Crippen molar-refractivity contribution in [2.24, 2.45) is 0 Å². The van der Waals surface area contributed by atoms with E-state index in [0.717, 1.165) is 15.6 Å². The Morgan fingerprint density at radius 3 is 1.95 bits per heavy atom. The minimum Gasteiger partial charge on any atom is -0.467 e. The fourth-order valence-electron chi connectivity index (χ4n) is 5.68. The highest BCUT2D eigenvalue weighted by Crippen LogP contribution is 2.56. The molecule has 0 unspecified atom stereocenters. The number of halogens is 1. The number of amides is 1. The number of hydrogen-bond donors (Lipinski definition) is 0. The molecule has 8 heteroatoms. The Morgan fingerprint density at radius 1 is 0.756 bits per heavy atom. The van der Waals surface area contributed by atoms with Crippen LogP contribution in [0.5, 0.6) is 0 Å². The van der Waals surface area contributed by atoms with Crippen LogP contribution in [0.25, 0.3) is 0 Å². The van der Waals surface area contributed by atoms with Gasteiger partial charge in [0.05, 0.1) is 14.2 Å². The van der Waals surface area contributed by atoms with Crippen molar-refractivity contribution in [3.05, 3.63) is 141 Å². The van der Waals surface area contributed by atoms with Gasteiger partial charge in [0.1, 0.15) is 6.61 Å². The van der Waals surface area contributed by atoms with Gasteiger partial charge in [-0.25, -0.2) is 14.4 Å². The Kier molecular flexibility index (Phi) is 8.21. The molecule has 0 saturated carbocycles. The first-order chi connectivity index (χ1) is 19.9.